The molecular formula is C36H52N2O4S. The number of nitrogens with one attached hydrogen (secondary N) is 2. The van der Waals surface area contributed by atoms with Crippen LogP contribution < -0.4 is 10.0 Å². The van der Waals surface area contributed by atoms with Crippen LogP contribution in [0.25, 0.3) is 10.8 Å². The van der Waals surface area contributed by atoms with Gasteiger partial charge in [-0.1, -0.05) is 70.5 Å². The second kappa shape index (κ2) is 11.7. The zero-order valence-electron chi connectivity index (χ0n) is 26.5. The van der Waals surface area contributed by atoms with E-state index in [0.717, 1.165) is 48.3 Å². The molecule has 2 amide bonds. The summed E-state index contributed by atoms with van der Waals surface area (Å²) >= 11 is 0. The van der Waals surface area contributed by atoms with Crippen LogP contribution in [0, 0.1) is 52.3 Å². The van der Waals surface area contributed by atoms with Crippen LogP contribution in [0.3, 0.4) is 0 Å². The van der Waals surface area contributed by atoms with Crippen molar-refractivity contribution >= 4 is 26.8 Å². The second-order valence-corrected chi connectivity index (χ2v) is 16.8. The molecule has 2 aromatic carbocycles. The molecule has 4 aliphatic rings. The van der Waals surface area contributed by atoms with Gasteiger partial charge in [-0.05, 0) is 121 Å². The average Bonchev–Trinajstić information content (AvgIpc) is 3.34. The molecule has 0 aromatic heterocycles. The van der Waals surface area contributed by atoms with Crippen LogP contribution in [0.5, 0.6) is 0 Å². The Morgan fingerprint density at radius 2 is 1.67 bits per heavy atom. The third-order valence-corrected chi connectivity index (χ3v) is 14.6. The molecule has 2 aromatic rings. The third kappa shape index (κ3) is 5.41. The number of amides is 2. The lowest BCUT2D eigenvalue weighted by atomic mass is 9.42. The molecule has 43 heavy (non-hydrogen) atoms. The van der Waals surface area contributed by atoms with E-state index in [2.05, 4.69) is 37.7 Å². The second-order valence-electron chi connectivity index (χ2n) is 15.2. The van der Waals surface area contributed by atoms with Gasteiger partial charge in [0.05, 0.1) is 11.0 Å². The first-order valence-electron chi connectivity index (χ1n) is 16.9. The highest BCUT2D eigenvalue weighted by Gasteiger charge is 2.62. The molecule has 0 radical (unpaired) electrons. The Morgan fingerprint density at radius 1 is 0.953 bits per heavy atom. The Bertz CT molecular complexity index is 1440. The lowest BCUT2D eigenvalue weighted by Gasteiger charge is -2.63. The molecule has 0 heterocycles. The Morgan fingerprint density at radius 3 is 2.47 bits per heavy atom. The number of benzene rings is 2. The number of aliphatic hydroxyl groups is 1. The van der Waals surface area contributed by atoms with Crippen molar-refractivity contribution in [1.82, 2.24) is 10.0 Å². The van der Waals surface area contributed by atoms with E-state index >= 15 is 0 Å². The average molecular weight is 609 g/mol. The van der Waals surface area contributed by atoms with E-state index in [9.17, 15) is 18.3 Å². The van der Waals surface area contributed by atoms with Gasteiger partial charge in [0.25, 0.3) is 10.0 Å². The van der Waals surface area contributed by atoms with Gasteiger partial charge in [-0.3, -0.25) is 0 Å². The first kappa shape index (κ1) is 30.9. The minimum Gasteiger partial charge on any atom is -0.393 e. The fourth-order valence-electron chi connectivity index (χ4n) is 11.2. The van der Waals surface area contributed by atoms with E-state index in [-0.39, 0.29) is 11.0 Å². The molecule has 0 aliphatic heterocycles. The molecule has 0 saturated heterocycles. The molecule has 6 rings (SSSR count). The van der Waals surface area contributed by atoms with Gasteiger partial charge in [-0.25, -0.2) is 17.9 Å². The van der Waals surface area contributed by atoms with Crippen LogP contribution in [0.2, 0.25) is 0 Å². The van der Waals surface area contributed by atoms with E-state index in [4.69, 9.17) is 0 Å². The Labute approximate surface area is 258 Å². The predicted molar refractivity (Wildman–Crippen MR) is 172 cm³/mol. The molecule has 10 atom stereocenters. The van der Waals surface area contributed by atoms with Gasteiger partial charge < -0.3 is 10.4 Å². The number of carbonyl (C=O) groups is 1. The van der Waals surface area contributed by atoms with Crippen LogP contribution >= 0.6 is 0 Å². The summed E-state index contributed by atoms with van der Waals surface area (Å²) in [6.07, 6.45) is 11.6. The monoisotopic (exact) mass is 608 g/mol. The largest absolute Gasteiger partial charge is 0.393 e. The van der Waals surface area contributed by atoms with Gasteiger partial charge in [-0.15, -0.1) is 0 Å². The number of aliphatic hydroxyl groups excluding tert-OH is 1. The number of hydrogen-bond donors (Lipinski definition) is 3. The number of sulfonamides is 1. The van der Waals surface area contributed by atoms with Crippen molar-refractivity contribution in [2.75, 3.05) is 6.54 Å². The van der Waals surface area contributed by atoms with Crippen LogP contribution in [0.15, 0.2) is 47.4 Å². The van der Waals surface area contributed by atoms with Gasteiger partial charge >= 0.3 is 6.03 Å². The van der Waals surface area contributed by atoms with Crippen molar-refractivity contribution in [3.63, 3.8) is 0 Å². The number of hydrogen-bond acceptors (Lipinski definition) is 4. The predicted octanol–water partition coefficient (Wildman–Crippen LogP) is 7.51. The number of carbonyl (C=O) groups excluding carboxylic acids is 1. The normalized spacial score (nSPS) is 38.0. The van der Waals surface area contributed by atoms with Crippen LogP contribution in [0.4, 0.5) is 4.79 Å². The van der Waals surface area contributed by atoms with Gasteiger partial charge in [0.15, 0.2) is 0 Å². The standard InChI is InChI=1S/C36H52N2O4S/c1-5-24-21-28-30-14-13-29(35(30,3)19-16-31(28)36(4)18-15-26(39)22-32(24)36)23(2)17-20-37-34(40)38-43(41,42)33-12-8-10-25-9-6-7-11-27(25)33/h6-12,23-24,26,28-32,39H,5,13-22H2,1-4H3,(H2,37,38,40)/t23-,24+,26-,28+,29-,30+,31+,32+,35-,36-/m1/s1. The summed E-state index contributed by atoms with van der Waals surface area (Å²) < 4.78 is 28.4. The van der Waals surface area contributed by atoms with Crippen molar-refractivity contribution < 1.29 is 18.3 Å². The van der Waals surface area contributed by atoms with Crippen LogP contribution in [0.1, 0.15) is 91.9 Å². The van der Waals surface area contributed by atoms with E-state index in [1.807, 2.05) is 18.2 Å². The first-order chi connectivity index (χ1) is 20.5. The van der Waals surface area contributed by atoms with Crippen molar-refractivity contribution in [1.29, 1.82) is 0 Å². The summed E-state index contributed by atoms with van der Waals surface area (Å²) in [5.41, 5.74) is 0.702. The summed E-state index contributed by atoms with van der Waals surface area (Å²) in [6, 6.07) is 11.7. The van der Waals surface area contributed by atoms with Crippen LogP contribution in [-0.2, 0) is 10.0 Å². The summed E-state index contributed by atoms with van der Waals surface area (Å²) in [7, 11) is -3.99. The summed E-state index contributed by atoms with van der Waals surface area (Å²) in [4.78, 5) is 12.8. The maximum absolute atomic E-state index is 13.1. The Kier molecular flexibility index (Phi) is 8.38. The molecular weight excluding hydrogens is 556 g/mol. The fourth-order valence-corrected chi connectivity index (χ4v) is 12.3. The van der Waals surface area contributed by atoms with Crippen LogP contribution in [-0.4, -0.2) is 32.2 Å². The van der Waals surface area contributed by atoms with Crippen molar-refractivity contribution in [2.45, 2.75) is 103 Å². The van der Waals surface area contributed by atoms with Crippen molar-refractivity contribution in [2.24, 2.45) is 52.3 Å². The fraction of sp³-hybridized carbons (Fsp3) is 0.694. The number of urea groups is 1. The molecule has 4 aliphatic carbocycles. The molecule has 236 valence electrons. The molecule has 7 heteroatoms. The minimum atomic E-state index is -3.99. The minimum absolute atomic E-state index is 0.108. The smallest absolute Gasteiger partial charge is 0.328 e. The summed E-state index contributed by atoms with van der Waals surface area (Å²) in [6.45, 7) is 10.3. The van der Waals surface area contributed by atoms with Gasteiger partial charge in [0.1, 0.15) is 0 Å². The highest BCUT2D eigenvalue weighted by Crippen LogP contribution is 2.69. The van der Waals surface area contributed by atoms with Gasteiger partial charge in [0, 0.05) is 11.9 Å². The zero-order chi connectivity index (χ0) is 30.6. The number of fused-ring (bicyclic) bond motifs is 6. The third-order valence-electron chi connectivity index (χ3n) is 13.3. The lowest BCUT2D eigenvalue weighted by molar-refractivity contribution is -0.152. The molecule has 0 unspecified atom stereocenters. The van der Waals surface area contributed by atoms with E-state index in [1.165, 1.54) is 44.9 Å². The molecule has 3 N–H and O–H groups in total. The van der Waals surface area contributed by atoms with Gasteiger partial charge in [-0.2, -0.15) is 0 Å². The highest BCUT2D eigenvalue weighted by molar-refractivity contribution is 7.90. The van der Waals surface area contributed by atoms with Crippen molar-refractivity contribution in [3.05, 3.63) is 42.5 Å². The van der Waals surface area contributed by atoms with E-state index in [1.54, 1.807) is 24.3 Å². The first-order valence-corrected chi connectivity index (χ1v) is 18.4. The quantitative estimate of drug-likeness (QED) is 0.303. The lowest BCUT2D eigenvalue weighted by Crippen LogP contribution is -2.56. The van der Waals surface area contributed by atoms with E-state index < -0.39 is 16.1 Å². The molecule has 4 fully saturated rings. The molecule has 6 nitrogen and oxygen atoms in total. The highest BCUT2D eigenvalue weighted by atomic mass is 32.2. The maximum atomic E-state index is 13.1. The maximum Gasteiger partial charge on any atom is 0.328 e. The topological polar surface area (TPSA) is 95.5 Å². The molecule has 4 saturated carbocycles. The SMILES string of the molecule is CC[C@H]1C[C@@H]2[C@H](CC[C@]3(C)[C@@H]([C@H](C)CCNC(=O)NS(=O)(=O)c4cccc5ccccc45)CC[C@@H]23)[C@@]2(C)CC[C@@H](O)C[C@@H]12. The van der Waals surface area contributed by atoms with Gasteiger partial charge in [0.2, 0.25) is 0 Å². The summed E-state index contributed by atoms with van der Waals surface area (Å²) in [5, 5.41) is 14.8. The Balaban J connectivity index is 1.07. The molecule has 0 bridgehead atoms. The molecule has 0 spiro atoms. The number of rotatable bonds is 7. The zero-order valence-corrected chi connectivity index (χ0v) is 27.3. The van der Waals surface area contributed by atoms with Crippen molar-refractivity contribution in [3.8, 4) is 0 Å². The van der Waals surface area contributed by atoms with E-state index in [0.29, 0.717) is 40.5 Å². The Hall–Kier alpha value is -2.12. The summed E-state index contributed by atoms with van der Waals surface area (Å²) in [5.74, 6) is 4.83.